The smallest absolute Gasteiger partial charge is 0.0988 e. The first-order valence-corrected chi connectivity index (χ1v) is 6.53. The van der Waals surface area contributed by atoms with Crippen molar-refractivity contribution in [2.24, 2.45) is 10.9 Å². The molecule has 1 aliphatic heterocycles. The van der Waals surface area contributed by atoms with E-state index in [4.69, 9.17) is 7.85 Å². The third-order valence-electron chi connectivity index (χ3n) is 4.59. The summed E-state index contributed by atoms with van der Waals surface area (Å²) in [4.78, 5) is 6.78. The highest BCUT2D eigenvalue weighted by Gasteiger charge is 2.43. The first kappa shape index (κ1) is 12.0. The van der Waals surface area contributed by atoms with Crippen molar-refractivity contribution in [3.05, 3.63) is 0 Å². The summed E-state index contributed by atoms with van der Waals surface area (Å²) in [5.74, 6) is 1.84. The zero-order chi connectivity index (χ0) is 11.8. The van der Waals surface area contributed by atoms with Gasteiger partial charge in [-0.1, -0.05) is 37.9 Å². The van der Waals surface area contributed by atoms with Crippen molar-refractivity contribution in [2.45, 2.75) is 56.8 Å². The van der Waals surface area contributed by atoms with Crippen molar-refractivity contribution in [1.82, 2.24) is 4.90 Å². The molecule has 0 aromatic carbocycles. The first-order valence-electron chi connectivity index (χ1n) is 6.53. The van der Waals surface area contributed by atoms with E-state index in [1.807, 2.05) is 7.05 Å². The second-order valence-corrected chi connectivity index (χ2v) is 5.73. The highest BCUT2D eigenvalue weighted by atomic mass is 15.2. The van der Waals surface area contributed by atoms with E-state index in [0.29, 0.717) is 12.0 Å². The Kier molecular flexibility index (Phi) is 3.32. The van der Waals surface area contributed by atoms with E-state index >= 15 is 0 Å². The molecule has 3 unspecified atom stereocenters. The molecule has 3 heteroatoms. The van der Waals surface area contributed by atoms with Gasteiger partial charge in [-0.2, -0.15) is 0 Å². The average molecular weight is 218 g/mol. The molecule has 0 aromatic heterocycles. The van der Waals surface area contributed by atoms with E-state index in [0.717, 1.165) is 6.42 Å². The van der Waals surface area contributed by atoms with Crippen LogP contribution in [-0.4, -0.2) is 38.7 Å². The lowest BCUT2D eigenvalue weighted by molar-refractivity contribution is 0.215. The molecule has 88 valence electrons. The van der Waals surface area contributed by atoms with Gasteiger partial charge in [0.25, 0.3) is 0 Å². The van der Waals surface area contributed by atoms with Gasteiger partial charge >= 0.3 is 0 Å². The van der Waals surface area contributed by atoms with Crippen molar-refractivity contribution < 1.29 is 0 Å². The minimum Gasteiger partial charge on any atom is -0.360 e. The second kappa shape index (κ2) is 4.42. The fraction of sp³-hybridized carbons (Fsp3) is 0.923. The summed E-state index contributed by atoms with van der Waals surface area (Å²) in [5, 5.41) is -0.00815. The number of aliphatic imine (C=N–C) groups is 1. The molecule has 16 heavy (non-hydrogen) atoms. The van der Waals surface area contributed by atoms with E-state index in [1.165, 1.54) is 37.9 Å². The summed E-state index contributed by atoms with van der Waals surface area (Å²) in [6.07, 6.45) is 7.50. The van der Waals surface area contributed by atoms with Gasteiger partial charge < -0.3 is 4.90 Å². The van der Waals surface area contributed by atoms with E-state index in [2.05, 4.69) is 23.9 Å². The van der Waals surface area contributed by atoms with Crippen molar-refractivity contribution >= 4 is 13.7 Å². The van der Waals surface area contributed by atoms with Crippen LogP contribution in [0.3, 0.4) is 0 Å². The Morgan fingerprint density at radius 3 is 2.81 bits per heavy atom. The van der Waals surface area contributed by atoms with Gasteiger partial charge in [0.1, 0.15) is 0 Å². The van der Waals surface area contributed by atoms with Gasteiger partial charge in [-0.15, -0.1) is 0 Å². The average Bonchev–Trinajstić information content (AvgIpc) is 2.53. The third-order valence-corrected chi connectivity index (χ3v) is 4.59. The molecule has 2 rings (SSSR count). The van der Waals surface area contributed by atoms with E-state index < -0.39 is 0 Å². The highest BCUT2D eigenvalue weighted by molar-refractivity contribution is 6.15. The van der Waals surface area contributed by atoms with Crippen LogP contribution in [0, 0.1) is 5.92 Å². The van der Waals surface area contributed by atoms with E-state index in [1.54, 1.807) is 0 Å². The monoisotopic (exact) mass is 218 g/mol. The van der Waals surface area contributed by atoms with Gasteiger partial charge in [-0.3, -0.25) is 4.99 Å². The molecule has 0 bridgehead atoms. The Balaban J connectivity index is 2.24. The van der Waals surface area contributed by atoms with Crippen LogP contribution >= 0.6 is 0 Å². The highest BCUT2D eigenvalue weighted by Crippen LogP contribution is 2.48. The SMILES string of the molecule is [B]C1(C)CCCCCC2C1CC(=NC)N2C. The van der Waals surface area contributed by atoms with Gasteiger partial charge in [-0.25, -0.2) is 0 Å². The van der Waals surface area contributed by atoms with E-state index in [9.17, 15) is 0 Å². The van der Waals surface area contributed by atoms with Crippen LogP contribution in [0.2, 0.25) is 5.31 Å². The number of fused-ring (bicyclic) bond motifs is 1. The molecule has 2 aliphatic rings. The van der Waals surface area contributed by atoms with Crippen molar-refractivity contribution in [1.29, 1.82) is 0 Å². The van der Waals surface area contributed by atoms with Crippen LogP contribution in [0.25, 0.3) is 0 Å². The summed E-state index contributed by atoms with van der Waals surface area (Å²) >= 11 is 0. The maximum atomic E-state index is 6.53. The molecule has 0 aromatic rings. The summed E-state index contributed by atoms with van der Waals surface area (Å²) < 4.78 is 0. The largest absolute Gasteiger partial charge is 0.360 e. The number of nitrogens with zero attached hydrogens (tertiary/aromatic N) is 2. The van der Waals surface area contributed by atoms with Gasteiger partial charge in [0.15, 0.2) is 0 Å². The molecular formula is C13H23BN2. The predicted octanol–water partition coefficient (Wildman–Crippen LogP) is 2.65. The van der Waals surface area contributed by atoms with Crippen molar-refractivity contribution in [2.75, 3.05) is 14.1 Å². The Labute approximate surface area is 101 Å². The maximum absolute atomic E-state index is 6.53. The van der Waals surface area contributed by atoms with Gasteiger partial charge in [0, 0.05) is 26.6 Å². The van der Waals surface area contributed by atoms with Crippen LogP contribution in [0.15, 0.2) is 4.99 Å². The predicted molar refractivity (Wildman–Crippen MR) is 70.2 cm³/mol. The molecule has 1 saturated heterocycles. The third kappa shape index (κ3) is 2.01. The molecule has 3 atom stereocenters. The fourth-order valence-electron chi connectivity index (χ4n) is 3.48. The van der Waals surface area contributed by atoms with Crippen LogP contribution in [-0.2, 0) is 0 Å². The number of likely N-dealkylation sites (tertiary alicyclic amines) is 1. The lowest BCUT2D eigenvalue weighted by Gasteiger charge is -2.39. The zero-order valence-electron chi connectivity index (χ0n) is 10.9. The topological polar surface area (TPSA) is 15.6 Å². The molecule has 2 fully saturated rings. The van der Waals surface area contributed by atoms with Crippen LogP contribution < -0.4 is 0 Å². The summed E-state index contributed by atoms with van der Waals surface area (Å²) in [7, 11) is 10.6. The number of hydrogen-bond acceptors (Lipinski definition) is 1. The molecular weight excluding hydrogens is 195 g/mol. The van der Waals surface area contributed by atoms with Crippen LogP contribution in [0.4, 0.5) is 0 Å². The first-order chi connectivity index (χ1) is 7.56. The van der Waals surface area contributed by atoms with Gasteiger partial charge in [0.05, 0.1) is 13.7 Å². The van der Waals surface area contributed by atoms with Crippen molar-refractivity contribution in [3.8, 4) is 0 Å². The lowest BCUT2D eigenvalue weighted by Crippen LogP contribution is -2.36. The quantitative estimate of drug-likeness (QED) is 0.570. The Morgan fingerprint density at radius 1 is 1.38 bits per heavy atom. The van der Waals surface area contributed by atoms with Gasteiger partial charge in [0.2, 0.25) is 0 Å². The lowest BCUT2D eigenvalue weighted by atomic mass is 9.56. The fourth-order valence-corrected chi connectivity index (χ4v) is 3.48. The minimum atomic E-state index is -0.00815. The Hall–Kier alpha value is -0.465. The van der Waals surface area contributed by atoms with Crippen molar-refractivity contribution in [3.63, 3.8) is 0 Å². The molecule has 2 nitrogen and oxygen atoms in total. The van der Waals surface area contributed by atoms with Crippen LogP contribution in [0.5, 0.6) is 0 Å². The van der Waals surface area contributed by atoms with Crippen LogP contribution in [0.1, 0.15) is 45.4 Å². The molecule has 0 N–H and O–H groups in total. The summed E-state index contributed by atoms with van der Waals surface area (Å²) in [6.45, 7) is 2.24. The normalized spacial score (nSPS) is 42.9. The maximum Gasteiger partial charge on any atom is 0.0988 e. The second-order valence-electron chi connectivity index (χ2n) is 5.73. The molecule has 1 saturated carbocycles. The molecule has 1 aliphatic carbocycles. The Bertz CT molecular complexity index is 286. The summed E-state index contributed by atoms with van der Waals surface area (Å²) in [5.41, 5.74) is 0. The van der Waals surface area contributed by atoms with Gasteiger partial charge in [-0.05, 0) is 12.3 Å². The molecule has 1 heterocycles. The number of hydrogen-bond donors (Lipinski definition) is 0. The standard InChI is InChI=1S/C13H23BN2/c1-13(14)8-6-4-5-7-11-10(13)9-12(15-2)16(11)3/h10-11H,4-9H2,1-3H3. The number of rotatable bonds is 0. The summed E-state index contributed by atoms with van der Waals surface area (Å²) in [6, 6.07) is 0.619. The number of amidine groups is 1. The molecule has 2 radical (unpaired) electrons. The van der Waals surface area contributed by atoms with E-state index in [-0.39, 0.29) is 5.31 Å². The Morgan fingerprint density at radius 2 is 2.12 bits per heavy atom. The molecule has 0 amide bonds. The zero-order valence-corrected chi connectivity index (χ0v) is 10.9. The minimum absolute atomic E-state index is 0.00815. The molecule has 0 spiro atoms.